The molecule has 136 valence electrons. The van der Waals surface area contributed by atoms with Crippen LogP contribution in [0.25, 0.3) is 4.96 Å². The fourth-order valence-corrected chi connectivity index (χ4v) is 4.07. The van der Waals surface area contributed by atoms with Crippen molar-refractivity contribution in [3.05, 3.63) is 51.4 Å². The molecule has 1 fully saturated rings. The normalized spacial score (nSPS) is 15.5. The first-order valence-electron chi connectivity index (χ1n) is 8.61. The maximum absolute atomic E-state index is 12.2. The van der Waals surface area contributed by atoms with Crippen molar-refractivity contribution in [1.82, 2.24) is 19.5 Å². The lowest BCUT2D eigenvalue weighted by atomic mass is 10.2. The molecule has 1 aliphatic heterocycles. The molecule has 0 atom stereocenters. The molecule has 0 radical (unpaired) electrons. The molecule has 0 bridgehead atoms. The molecular weight excluding hydrogens is 350 g/mol. The number of aryl methyl sites for hydroxylation is 1. The van der Waals surface area contributed by atoms with Crippen molar-refractivity contribution in [3.8, 4) is 5.75 Å². The Bertz CT molecular complexity index is 975. The van der Waals surface area contributed by atoms with Gasteiger partial charge in [-0.2, -0.15) is 9.61 Å². The second kappa shape index (κ2) is 7.05. The SMILES string of the molecule is COc1ccccc1N1CCN(Cc2cc(=O)n3nc(C)sc3n2)CC1. The number of benzene rings is 1. The number of hydrogen-bond donors (Lipinski definition) is 0. The summed E-state index contributed by atoms with van der Waals surface area (Å²) in [5, 5.41) is 5.03. The second-order valence-corrected chi connectivity index (χ2v) is 7.50. The summed E-state index contributed by atoms with van der Waals surface area (Å²) in [5.41, 5.74) is 1.83. The Balaban J connectivity index is 1.45. The van der Waals surface area contributed by atoms with Crippen LogP contribution in [0.2, 0.25) is 0 Å². The van der Waals surface area contributed by atoms with Crippen LogP contribution in [0.15, 0.2) is 35.1 Å². The van der Waals surface area contributed by atoms with Crippen LogP contribution in [-0.4, -0.2) is 52.8 Å². The Labute approximate surface area is 155 Å². The first-order valence-corrected chi connectivity index (χ1v) is 9.42. The molecule has 0 aliphatic carbocycles. The lowest BCUT2D eigenvalue weighted by Gasteiger charge is -2.36. The number of methoxy groups -OCH3 is 1. The molecule has 0 saturated carbocycles. The minimum atomic E-state index is -0.109. The molecule has 0 amide bonds. The van der Waals surface area contributed by atoms with E-state index in [-0.39, 0.29) is 5.56 Å². The number of piperazine rings is 1. The van der Waals surface area contributed by atoms with Crippen molar-refractivity contribution in [1.29, 1.82) is 0 Å². The van der Waals surface area contributed by atoms with Crippen LogP contribution >= 0.6 is 11.3 Å². The second-order valence-electron chi connectivity index (χ2n) is 6.34. The molecule has 26 heavy (non-hydrogen) atoms. The molecule has 0 N–H and O–H groups in total. The van der Waals surface area contributed by atoms with Crippen LogP contribution in [0.1, 0.15) is 10.7 Å². The van der Waals surface area contributed by atoms with E-state index in [0.717, 1.165) is 48.3 Å². The zero-order valence-electron chi connectivity index (χ0n) is 14.9. The van der Waals surface area contributed by atoms with Gasteiger partial charge in [-0.15, -0.1) is 0 Å². The van der Waals surface area contributed by atoms with Crippen LogP contribution in [0, 0.1) is 6.92 Å². The van der Waals surface area contributed by atoms with Crippen LogP contribution in [0.3, 0.4) is 0 Å². The van der Waals surface area contributed by atoms with Crippen molar-refractivity contribution in [2.75, 3.05) is 38.2 Å². The summed E-state index contributed by atoms with van der Waals surface area (Å²) in [6, 6.07) is 9.70. The predicted molar refractivity (Wildman–Crippen MR) is 102 cm³/mol. The summed E-state index contributed by atoms with van der Waals surface area (Å²) in [7, 11) is 1.70. The van der Waals surface area contributed by atoms with E-state index in [1.807, 2.05) is 25.1 Å². The number of fused-ring (bicyclic) bond motifs is 1. The average molecular weight is 371 g/mol. The summed E-state index contributed by atoms with van der Waals surface area (Å²) < 4.78 is 6.85. The molecular formula is C18H21N5O2S. The highest BCUT2D eigenvalue weighted by Crippen LogP contribution is 2.28. The van der Waals surface area contributed by atoms with Gasteiger partial charge in [0.2, 0.25) is 4.96 Å². The highest BCUT2D eigenvalue weighted by Gasteiger charge is 2.20. The van der Waals surface area contributed by atoms with Crippen molar-refractivity contribution < 1.29 is 4.74 Å². The highest BCUT2D eigenvalue weighted by molar-refractivity contribution is 7.16. The molecule has 3 aromatic rings. The van der Waals surface area contributed by atoms with E-state index >= 15 is 0 Å². The Morgan fingerprint density at radius 1 is 1.19 bits per heavy atom. The smallest absolute Gasteiger partial charge is 0.275 e. The Kier molecular flexibility index (Phi) is 4.60. The minimum absolute atomic E-state index is 0.109. The van der Waals surface area contributed by atoms with Crippen LogP contribution in [0.5, 0.6) is 5.75 Å². The van der Waals surface area contributed by atoms with Gasteiger partial charge in [-0.25, -0.2) is 4.98 Å². The van der Waals surface area contributed by atoms with Gasteiger partial charge < -0.3 is 9.64 Å². The largest absolute Gasteiger partial charge is 0.495 e. The van der Waals surface area contributed by atoms with Gasteiger partial charge in [-0.1, -0.05) is 23.5 Å². The minimum Gasteiger partial charge on any atom is -0.495 e. The fourth-order valence-electron chi connectivity index (χ4n) is 3.30. The number of para-hydroxylation sites is 2. The van der Waals surface area contributed by atoms with E-state index in [1.54, 1.807) is 13.2 Å². The Morgan fingerprint density at radius 3 is 2.73 bits per heavy atom. The lowest BCUT2D eigenvalue weighted by Crippen LogP contribution is -2.46. The summed E-state index contributed by atoms with van der Waals surface area (Å²) in [4.78, 5) is 22.1. The van der Waals surface area contributed by atoms with Crippen molar-refractivity contribution in [3.63, 3.8) is 0 Å². The van der Waals surface area contributed by atoms with E-state index in [2.05, 4.69) is 25.9 Å². The van der Waals surface area contributed by atoms with Crippen LogP contribution < -0.4 is 15.2 Å². The summed E-state index contributed by atoms with van der Waals surface area (Å²) in [6.07, 6.45) is 0. The maximum atomic E-state index is 12.2. The van der Waals surface area contributed by atoms with E-state index in [4.69, 9.17) is 4.74 Å². The third-order valence-electron chi connectivity index (χ3n) is 4.58. The van der Waals surface area contributed by atoms with E-state index < -0.39 is 0 Å². The maximum Gasteiger partial charge on any atom is 0.275 e. The molecule has 1 aliphatic rings. The molecule has 4 rings (SSSR count). The number of anilines is 1. The molecule has 1 aromatic carbocycles. The van der Waals surface area contributed by atoms with E-state index in [0.29, 0.717) is 11.5 Å². The highest BCUT2D eigenvalue weighted by atomic mass is 32.1. The summed E-state index contributed by atoms with van der Waals surface area (Å²) in [6.45, 7) is 6.24. The quantitative estimate of drug-likeness (QED) is 0.697. The van der Waals surface area contributed by atoms with Crippen molar-refractivity contribution in [2.45, 2.75) is 13.5 Å². The van der Waals surface area contributed by atoms with E-state index in [9.17, 15) is 4.79 Å². The van der Waals surface area contributed by atoms with Crippen molar-refractivity contribution in [2.24, 2.45) is 0 Å². The standard InChI is InChI=1S/C18H21N5O2S/c1-13-20-23-17(24)11-14(19-18(23)26-13)12-21-7-9-22(10-8-21)15-5-3-4-6-16(15)25-2/h3-6,11H,7-10,12H2,1-2H3. The molecule has 0 unspecified atom stereocenters. The molecule has 7 nitrogen and oxygen atoms in total. The average Bonchev–Trinajstić information content (AvgIpc) is 3.03. The zero-order valence-corrected chi connectivity index (χ0v) is 15.7. The molecule has 8 heteroatoms. The van der Waals surface area contributed by atoms with Gasteiger partial charge in [0.05, 0.1) is 18.5 Å². The van der Waals surface area contributed by atoms with Gasteiger partial charge in [0.1, 0.15) is 10.8 Å². The monoisotopic (exact) mass is 371 g/mol. The number of aromatic nitrogens is 3. The molecule has 2 aromatic heterocycles. The predicted octanol–water partition coefficient (Wildman–Crippen LogP) is 1.79. The molecule has 3 heterocycles. The Morgan fingerprint density at radius 2 is 1.96 bits per heavy atom. The Hall–Kier alpha value is -2.45. The van der Waals surface area contributed by atoms with Gasteiger partial charge in [0.15, 0.2) is 0 Å². The number of rotatable bonds is 4. The van der Waals surface area contributed by atoms with Crippen LogP contribution in [0.4, 0.5) is 5.69 Å². The third-order valence-corrected chi connectivity index (χ3v) is 5.41. The first-order chi connectivity index (χ1) is 12.6. The molecule has 0 spiro atoms. The topological polar surface area (TPSA) is 63.0 Å². The summed E-state index contributed by atoms with van der Waals surface area (Å²) in [5.74, 6) is 0.904. The fraction of sp³-hybridized carbons (Fsp3) is 0.389. The summed E-state index contributed by atoms with van der Waals surface area (Å²) >= 11 is 1.44. The van der Waals surface area contributed by atoms with Crippen LogP contribution in [-0.2, 0) is 6.54 Å². The van der Waals surface area contributed by atoms with Crippen molar-refractivity contribution >= 4 is 22.0 Å². The molecule has 1 saturated heterocycles. The van der Waals surface area contributed by atoms with E-state index in [1.165, 1.54) is 15.9 Å². The zero-order chi connectivity index (χ0) is 18.1. The van der Waals surface area contributed by atoms with Gasteiger partial charge in [-0.3, -0.25) is 9.69 Å². The lowest BCUT2D eigenvalue weighted by molar-refractivity contribution is 0.246. The van der Waals surface area contributed by atoms with Gasteiger partial charge in [-0.05, 0) is 19.1 Å². The number of hydrogen-bond acceptors (Lipinski definition) is 7. The number of nitrogens with zero attached hydrogens (tertiary/aromatic N) is 5. The van der Waals surface area contributed by atoms with Gasteiger partial charge in [0, 0.05) is 38.8 Å². The van der Waals surface area contributed by atoms with Gasteiger partial charge >= 0.3 is 0 Å². The number of ether oxygens (including phenoxy) is 1. The van der Waals surface area contributed by atoms with Gasteiger partial charge in [0.25, 0.3) is 5.56 Å². The third kappa shape index (κ3) is 3.30. The first kappa shape index (κ1) is 17.0.